The Morgan fingerprint density at radius 2 is 2.19 bits per heavy atom. The molecule has 0 aliphatic rings. The summed E-state index contributed by atoms with van der Waals surface area (Å²) in [6.45, 7) is 3.76. The molecule has 0 saturated heterocycles. The number of hydrogen-bond acceptors (Lipinski definition) is 2. The molecule has 4 heteroatoms. The Morgan fingerprint density at radius 3 is 2.95 bits per heavy atom. The van der Waals surface area contributed by atoms with E-state index in [1.165, 1.54) is 0 Å². The maximum Gasteiger partial charge on any atom is 0.129 e. The van der Waals surface area contributed by atoms with Gasteiger partial charge in [-0.3, -0.25) is 0 Å². The third-order valence-corrected chi connectivity index (χ3v) is 3.88. The van der Waals surface area contributed by atoms with Gasteiger partial charge in [0.2, 0.25) is 0 Å². The molecule has 2 aromatic heterocycles. The smallest absolute Gasteiger partial charge is 0.129 e. The van der Waals surface area contributed by atoms with Crippen molar-refractivity contribution >= 4 is 22.5 Å². The summed E-state index contributed by atoms with van der Waals surface area (Å²) >= 11 is 5.96. The van der Waals surface area contributed by atoms with Crippen molar-refractivity contribution in [1.82, 2.24) is 9.55 Å². The number of rotatable bonds is 3. The van der Waals surface area contributed by atoms with Gasteiger partial charge in [-0.1, -0.05) is 29.8 Å². The lowest BCUT2D eigenvalue weighted by Gasteiger charge is -2.11. The van der Waals surface area contributed by atoms with Crippen LogP contribution in [-0.4, -0.2) is 14.7 Å². The standard InChI is InChI=1S/C17H15ClN2O/c1-3-5-13-12(6-4-7-16(13)21)14-8-11-9-17(18)19-10-15(11)20(14)2/h3-4,6-10,21H,1,5H2,2H3. The Labute approximate surface area is 128 Å². The monoisotopic (exact) mass is 298 g/mol. The van der Waals surface area contributed by atoms with Crippen molar-refractivity contribution in [3.63, 3.8) is 0 Å². The number of aromatic nitrogens is 2. The van der Waals surface area contributed by atoms with Crippen LogP contribution < -0.4 is 0 Å². The van der Waals surface area contributed by atoms with Crippen molar-refractivity contribution in [1.29, 1.82) is 0 Å². The van der Waals surface area contributed by atoms with Crippen LogP contribution in [0.4, 0.5) is 0 Å². The molecule has 0 unspecified atom stereocenters. The highest BCUT2D eigenvalue weighted by Crippen LogP contribution is 2.34. The fourth-order valence-corrected chi connectivity index (χ4v) is 2.80. The molecule has 0 atom stereocenters. The molecule has 0 radical (unpaired) electrons. The van der Waals surface area contributed by atoms with Gasteiger partial charge in [0.15, 0.2) is 0 Å². The van der Waals surface area contributed by atoms with Crippen LogP contribution in [0.5, 0.6) is 5.75 Å². The number of fused-ring (bicyclic) bond motifs is 1. The van der Waals surface area contributed by atoms with Crippen molar-refractivity contribution in [2.45, 2.75) is 6.42 Å². The number of allylic oxidation sites excluding steroid dienone is 1. The van der Waals surface area contributed by atoms with E-state index >= 15 is 0 Å². The maximum atomic E-state index is 10.1. The van der Waals surface area contributed by atoms with Gasteiger partial charge in [-0.2, -0.15) is 0 Å². The Bertz CT molecular complexity index is 836. The van der Waals surface area contributed by atoms with E-state index in [1.54, 1.807) is 18.3 Å². The van der Waals surface area contributed by atoms with Crippen molar-refractivity contribution in [3.8, 4) is 17.0 Å². The van der Waals surface area contributed by atoms with E-state index in [0.29, 0.717) is 11.6 Å². The van der Waals surface area contributed by atoms with Gasteiger partial charge < -0.3 is 9.67 Å². The molecule has 0 fully saturated rings. The maximum absolute atomic E-state index is 10.1. The first kappa shape index (κ1) is 13.7. The molecule has 0 amide bonds. The largest absolute Gasteiger partial charge is 0.508 e. The van der Waals surface area contributed by atoms with Crippen LogP contribution in [0.1, 0.15) is 5.56 Å². The first-order chi connectivity index (χ1) is 10.1. The number of halogens is 1. The zero-order valence-corrected chi connectivity index (χ0v) is 12.4. The third kappa shape index (κ3) is 2.30. The van der Waals surface area contributed by atoms with Crippen LogP contribution in [0.3, 0.4) is 0 Å². The molecule has 106 valence electrons. The van der Waals surface area contributed by atoms with E-state index in [1.807, 2.05) is 25.2 Å². The second-order valence-electron chi connectivity index (χ2n) is 4.95. The molecule has 0 aliphatic carbocycles. The second-order valence-corrected chi connectivity index (χ2v) is 5.34. The number of hydrogen-bond donors (Lipinski definition) is 1. The SMILES string of the molecule is C=CCc1c(O)cccc1-c1cc2cc(Cl)ncc2n1C. The van der Waals surface area contributed by atoms with Crippen LogP contribution in [-0.2, 0) is 13.5 Å². The van der Waals surface area contributed by atoms with E-state index in [2.05, 4.69) is 22.2 Å². The molecule has 3 aromatic rings. The van der Waals surface area contributed by atoms with E-state index < -0.39 is 0 Å². The van der Waals surface area contributed by atoms with Gasteiger partial charge in [-0.05, 0) is 24.6 Å². The van der Waals surface area contributed by atoms with E-state index in [-0.39, 0.29) is 5.75 Å². The summed E-state index contributed by atoms with van der Waals surface area (Å²) in [6.07, 6.45) is 4.17. The molecule has 0 spiro atoms. The predicted molar refractivity (Wildman–Crippen MR) is 86.7 cm³/mol. The number of phenols is 1. The van der Waals surface area contributed by atoms with Crippen LogP contribution in [0.15, 0.2) is 49.2 Å². The molecule has 0 bridgehead atoms. The highest BCUT2D eigenvalue weighted by Gasteiger charge is 2.14. The molecule has 3 rings (SSSR count). The number of aromatic hydroxyl groups is 1. The first-order valence-electron chi connectivity index (χ1n) is 6.65. The lowest BCUT2D eigenvalue weighted by molar-refractivity contribution is 0.470. The molecule has 0 saturated carbocycles. The summed E-state index contributed by atoms with van der Waals surface area (Å²) in [5.74, 6) is 0.286. The molecule has 21 heavy (non-hydrogen) atoms. The Balaban J connectivity index is 2.28. The Morgan fingerprint density at radius 1 is 1.38 bits per heavy atom. The van der Waals surface area contributed by atoms with E-state index in [0.717, 1.165) is 27.7 Å². The van der Waals surface area contributed by atoms with Gasteiger partial charge in [0.1, 0.15) is 10.9 Å². The minimum atomic E-state index is 0.286. The number of aryl methyl sites for hydroxylation is 1. The molecular formula is C17H15ClN2O. The summed E-state index contributed by atoms with van der Waals surface area (Å²) in [6, 6.07) is 9.45. The summed E-state index contributed by atoms with van der Waals surface area (Å²) in [7, 11) is 1.98. The number of pyridine rings is 1. The summed E-state index contributed by atoms with van der Waals surface area (Å²) < 4.78 is 2.06. The third-order valence-electron chi connectivity index (χ3n) is 3.67. The summed E-state index contributed by atoms with van der Waals surface area (Å²) in [5.41, 5.74) is 3.88. The number of phenolic OH excluding ortho intramolecular Hbond substituents is 1. The van der Waals surface area contributed by atoms with Crippen LogP contribution in [0, 0.1) is 0 Å². The average molecular weight is 299 g/mol. The topological polar surface area (TPSA) is 38.1 Å². The lowest BCUT2D eigenvalue weighted by atomic mass is 10.0. The molecule has 0 aliphatic heterocycles. The fraction of sp³-hybridized carbons (Fsp3) is 0.118. The van der Waals surface area contributed by atoms with Crippen molar-refractivity contribution < 1.29 is 5.11 Å². The number of benzene rings is 1. The highest BCUT2D eigenvalue weighted by atomic mass is 35.5. The van der Waals surface area contributed by atoms with Gasteiger partial charge in [-0.25, -0.2) is 4.98 Å². The summed E-state index contributed by atoms with van der Waals surface area (Å²) in [4.78, 5) is 4.13. The second kappa shape index (κ2) is 5.26. The molecule has 3 nitrogen and oxygen atoms in total. The Kier molecular flexibility index (Phi) is 3.43. The van der Waals surface area contributed by atoms with Crippen LogP contribution in [0.25, 0.3) is 22.2 Å². The van der Waals surface area contributed by atoms with Crippen molar-refractivity contribution in [2.75, 3.05) is 0 Å². The zero-order chi connectivity index (χ0) is 15.0. The molecular weight excluding hydrogens is 284 g/mol. The van der Waals surface area contributed by atoms with Gasteiger partial charge in [0, 0.05) is 29.3 Å². The number of nitrogens with zero attached hydrogens (tertiary/aromatic N) is 2. The van der Waals surface area contributed by atoms with Gasteiger partial charge >= 0.3 is 0 Å². The molecule has 1 N–H and O–H groups in total. The molecule has 2 heterocycles. The first-order valence-corrected chi connectivity index (χ1v) is 7.02. The zero-order valence-electron chi connectivity index (χ0n) is 11.7. The highest BCUT2D eigenvalue weighted by molar-refractivity contribution is 6.30. The average Bonchev–Trinajstić information content (AvgIpc) is 2.78. The van der Waals surface area contributed by atoms with Crippen molar-refractivity contribution in [2.24, 2.45) is 7.05 Å². The minimum Gasteiger partial charge on any atom is -0.508 e. The van der Waals surface area contributed by atoms with E-state index in [9.17, 15) is 5.11 Å². The van der Waals surface area contributed by atoms with Gasteiger partial charge in [-0.15, -0.1) is 6.58 Å². The lowest BCUT2D eigenvalue weighted by Crippen LogP contribution is -1.95. The minimum absolute atomic E-state index is 0.286. The van der Waals surface area contributed by atoms with Crippen molar-refractivity contribution in [3.05, 3.63) is 59.9 Å². The molecule has 1 aromatic carbocycles. The summed E-state index contributed by atoms with van der Waals surface area (Å²) in [5, 5.41) is 11.6. The fourth-order valence-electron chi connectivity index (χ4n) is 2.64. The van der Waals surface area contributed by atoms with Crippen LogP contribution >= 0.6 is 11.6 Å². The normalized spacial score (nSPS) is 11.0. The van der Waals surface area contributed by atoms with Gasteiger partial charge in [0.05, 0.1) is 11.7 Å². The Hall–Kier alpha value is -2.26. The van der Waals surface area contributed by atoms with Gasteiger partial charge in [0.25, 0.3) is 0 Å². The quantitative estimate of drug-likeness (QED) is 0.577. The van der Waals surface area contributed by atoms with Crippen LogP contribution in [0.2, 0.25) is 5.15 Å². The predicted octanol–water partition coefficient (Wildman–Crippen LogP) is 4.33. The van der Waals surface area contributed by atoms with E-state index in [4.69, 9.17) is 11.6 Å².